The van der Waals surface area contributed by atoms with Crippen LogP contribution in [0.2, 0.25) is 0 Å². The van der Waals surface area contributed by atoms with Crippen molar-refractivity contribution in [2.75, 3.05) is 0 Å². The molecule has 2 aliphatic carbocycles. The van der Waals surface area contributed by atoms with Gasteiger partial charge in [0.25, 0.3) is 0 Å². The van der Waals surface area contributed by atoms with Gasteiger partial charge in [-0.2, -0.15) is 0 Å². The number of aryl methyl sites for hydroxylation is 2. The van der Waals surface area contributed by atoms with Crippen LogP contribution in [0.15, 0.2) is 18.2 Å². The van der Waals surface area contributed by atoms with Gasteiger partial charge in [-0.25, -0.2) is 0 Å². The Bertz CT molecular complexity index is 396. The molecule has 16 heavy (non-hydrogen) atoms. The van der Waals surface area contributed by atoms with Crippen LogP contribution < -0.4 is 5.73 Å². The van der Waals surface area contributed by atoms with Crippen LogP contribution in [-0.2, 0) is 12.8 Å². The van der Waals surface area contributed by atoms with Crippen LogP contribution in [0.3, 0.4) is 0 Å². The van der Waals surface area contributed by atoms with Gasteiger partial charge in [0.2, 0.25) is 0 Å². The van der Waals surface area contributed by atoms with E-state index >= 15 is 0 Å². The van der Waals surface area contributed by atoms with Gasteiger partial charge in [-0.15, -0.1) is 0 Å². The third kappa shape index (κ3) is 1.78. The van der Waals surface area contributed by atoms with E-state index in [0.717, 1.165) is 11.8 Å². The van der Waals surface area contributed by atoms with Crippen molar-refractivity contribution >= 4 is 0 Å². The second kappa shape index (κ2) is 3.89. The summed E-state index contributed by atoms with van der Waals surface area (Å²) in [6, 6.07) is 7.24. The highest BCUT2D eigenvalue weighted by Crippen LogP contribution is 2.46. The lowest BCUT2D eigenvalue weighted by molar-refractivity contribution is 0.590. The average Bonchev–Trinajstić information content (AvgIpc) is 3.05. The maximum absolute atomic E-state index is 6.32. The molecule has 0 amide bonds. The molecular formula is C15H21N. The van der Waals surface area contributed by atoms with Gasteiger partial charge in [0.05, 0.1) is 0 Å². The van der Waals surface area contributed by atoms with E-state index in [0.29, 0.717) is 0 Å². The molecule has 86 valence electrons. The Hall–Kier alpha value is -0.820. The Morgan fingerprint density at radius 1 is 1.19 bits per heavy atom. The van der Waals surface area contributed by atoms with Gasteiger partial charge in [-0.3, -0.25) is 0 Å². The van der Waals surface area contributed by atoms with Crippen molar-refractivity contribution in [3.05, 3.63) is 34.9 Å². The van der Waals surface area contributed by atoms with Crippen LogP contribution in [0, 0.1) is 11.8 Å². The molecule has 0 saturated heterocycles. The molecule has 0 bridgehead atoms. The second-order valence-corrected chi connectivity index (χ2v) is 5.64. The maximum atomic E-state index is 6.32. The summed E-state index contributed by atoms with van der Waals surface area (Å²) < 4.78 is 0. The molecule has 2 aliphatic rings. The third-order valence-electron chi connectivity index (χ3n) is 4.39. The standard InChI is InChI=1S/C15H21N/c1-10-8-14(10)15(16)13-7-6-11-4-2-3-5-12(11)9-13/h6-7,9-10,14-15H,2-5,8,16H2,1H3. The minimum Gasteiger partial charge on any atom is -0.324 e. The fourth-order valence-electron chi connectivity index (χ4n) is 3.06. The Kier molecular flexibility index (Phi) is 2.51. The largest absolute Gasteiger partial charge is 0.324 e. The van der Waals surface area contributed by atoms with E-state index in [4.69, 9.17) is 5.73 Å². The molecule has 3 rings (SSSR count). The molecule has 3 unspecified atom stereocenters. The Balaban J connectivity index is 1.85. The van der Waals surface area contributed by atoms with Gasteiger partial charge in [-0.05, 0) is 60.6 Å². The number of hydrogen-bond acceptors (Lipinski definition) is 1. The first kappa shape index (κ1) is 10.3. The van der Waals surface area contributed by atoms with Crippen LogP contribution in [0.25, 0.3) is 0 Å². The summed E-state index contributed by atoms with van der Waals surface area (Å²) in [6.45, 7) is 2.31. The first-order chi connectivity index (χ1) is 7.75. The Morgan fingerprint density at radius 3 is 2.56 bits per heavy atom. The van der Waals surface area contributed by atoms with Crippen molar-refractivity contribution in [3.8, 4) is 0 Å². The smallest absolute Gasteiger partial charge is 0.0326 e. The number of hydrogen-bond donors (Lipinski definition) is 1. The van der Waals surface area contributed by atoms with Gasteiger partial charge < -0.3 is 5.73 Å². The molecule has 0 radical (unpaired) electrons. The summed E-state index contributed by atoms with van der Waals surface area (Å²) in [5, 5.41) is 0. The summed E-state index contributed by atoms with van der Waals surface area (Å²) >= 11 is 0. The maximum Gasteiger partial charge on any atom is 0.0326 e. The van der Waals surface area contributed by atoms with E-state index in [1.807, 2.05) is 0 Å². The summed E-state index contributed by atoms with van der Waals surface area (Å²) in [7, 11) is 0. The van der Waals surface area contributed by atoms with Crippen molar-refractivity contribution in [3.63, 3.8) is 0 Å². The summed E-state index contributed by atoms with van der Waals surface area (Å²) in [4.78, 5) is 0. The van der Waals surface area contributed by atoms with Crippen LogP contribution in [-0.4, -0.2) is 0 Å². The molecule has 1 saturated carbocycles. The number of nitrogens with two attached hydrogens (primary N) is 1. The van der Waals surface area contributed by atoms with Crippen LogP contribution >= 0.6 is 0 Å². The highest BCUT2D eigenvalue weighted by atomic mass is 14.7. The minimum atomic E-state index is 0.280. The highest BCUT2D eigenvalue weighted by molar-refractivity contribution is 5.35. The van der Waals surface area contributed by atoms with Crippen LogP contribution in [0.5, 0.6) is 0 Å². The topological polar surface area (TPSA) is 26.0 Å². The lowest BCUT2D eigenvalue weighted by Crippen LogP contribution is -2.14. The second-order valence-electron chi connectivity index (χ2n) is 5.64. The zero-order chi connectivity index (χ0) is 11.1. The summed E-state index contributed by atoms with van der Waals surface area (Å²) in [6.07, 6.45) is 6.56. The van der Waals surface area contributed by atoms with E-state index < -0.39 is 0 Å². The molecule has 3 atom stereocenters. The molecule has 0 aromatic heterocycles. The number of benzene rings is 1. The van der Waals surface area contributed by atoms with E-state index in [1.54, 1.807) is 11.1 Å². The highest BCUT2D eigenvalue weighted by Gasteiger charge is 2.38. The summed E-state index contributed by atoms with van der Waals surface area (Å²) in [5.41, 5.74) is 10.8. The van der Waals surface area contributed by atoms with Crippen molar-refractivity contribution in [2.45, 2.75) is 45.1 Å². The van der Waals surface area contributed by atoms with Gasteiger partial charge in [0, 0.05) is 6.04 Å². The molecular weight excluding hydrogens is 194 g/mol. The zero-order valence-electron chi connectivity index (χ0n) is 10.1. The monoisotopic (exact) mass is 215 g/mol. The molecule has 1 heteroatoms. The predicted octanol–water partition coefficient (Wildman–Crippen LogP) is 3.22. The Labute approximate surface area is 98.0 Å². The van der Waals surface area contributed by atoms with Gasteiger partial charge in [0.1, 0.15) is 0 Å². The normalized spacial score (nSPS) is 29.6. The molecule has 0 heterocycles. The van der Waals surface area contributed by atoms with E-state index in [2.05, 4.69) is 25.1 Å². The molecule has 1 fully saturated rings. The fourth-order valence-corrected chi connectivity index (χ4v) is 3.06. The SMILES string of the molecule is CC1CC1C(N)c1ccc2c(c1)CCCC2. The van der Waals surface area contributed by atoms with Gasteiger partial charge in [-0.1, -0.05) is 25.1 Å². The van der Waals surface area contributed by atoms with Gasteiger partial charge >= 0.3 is 0 Å². The molecule has 1 aromatic carbocycles. The predicted molar refractivity (Wildman–Crippen MR) is 67.3 cm³/mol. The molecule has 0 spiro atoms. The fraction of sp³-hybridized carbons (Fsp3) is 0.600. The van der Waals surface area contributed by atoms with Crippen LogP contribution in [0.1, 0.15) is 48.9 Å². The van der Waals surface area contributed by atoms with Crippen molar-refractivity contribution in [2.24, 2.45) is 17.6 Å². The van der Waals surface area contributed by atoms with E-state index in [-0.39, 0.29) is 6.04 Å². The molecule has 0 aliphatic heterocycles. The molecule has 1 aromatic rings. The van der Waals surface area contributed by atoms with E-state index in [9.17, 15) is 0 Å². The number of rotatable bonds is 2. The summed E-state index contributed by atoms with van der Waals surface area (Å²) in [5.74, 6) is 1.58. The van der Waals surface area contributed by atoms with Crippen molar-refractivity contribution in [1.29, 1.82) is 0 Å². The molecule has 1 nitrogen and oxygen atoms in total. The first-order valence-electron chi connectivity index (χ1n) is 6.63. The molecule has 2 N–H and O–H groups in total. The average molecular weight is 215 g/mol. The van der Waals surface area contributed by atoms with Crippen LogP contribution in [0.4, 0.5) is 0 Å². The first-order valence-corrected chi connectivity index (χ1v) is 6.63. The van der Waals surface area contributed by atoms with Crippen molar-refractivity contribution in [1.82, 2.24) is 0 Å². The Morgan fingerprint density at radius 2 is 1.88 bits per heavy atom. The quantitative estimate of drug-likeness (QED) is 0.805. The number of fused-ring (bicyclic) bond motifs is 1. The minimum absolute atomic E-state index is 0.280. The van der Waals surface area contributed by atoms with E-state index in [1.165, 1.54) is 37.7 Å². The zero-order valence-corrected chi connectivity index (χ0v) is 10.1. The lowest BCUT2D eigenvalue weighted by Gasteiger charge is -2.19. The van der Waals surface area contributed by atoms with Gasteiger partial charge in [0.15, 0.2) is 0 Å². The lowest BCUT2D eigenvalue weighted by atomic mass is 9.88. The van der Waals surface area contributed by atoms with Crippen molar-refractivity contribution < 1.29 is 0 Å². The third-order valence-corrected chi connectivity index (χ3v) is 4.39.